The molecule has 3 aromatic rings. The number of carbonyl (C=O) groups excluding carboxylic acids is 1. The molecule has 1 atom stereocenters. The second-order valence-electron chi connectivity index (χ2n) is 8.28. The normalized spacial score (nSPS) is 15.8. The maximum atomic E-state index is 13.6. The highest BCUT2D eigenvalue weighted by Gasteiger charge is 2.38. The summed E-state index contributed by atoms with van der Waals surface area (Å²) < 4.78 is 40.7. The summed E-state index contributed by atoms with van der Waals surface area (Å²) in [5, 5.41) is 8.89. The molecule has 8 heteroatoms. The molecule has 0 amide bonds. The largest absolute Gasteiger partial charge is 0.451 e. The maximum absolute atomic E-state index is 13.6. The quantitative estimate of drug-likeness (QED) is 0.456. The van der Waals surface area contributed by atoms with Gasteiger partial charge in [0.15, 0.2) is 5.78 Å². The van der Waals surface area contributed by atoms with E-state index in [1.54, 1.807) is 47.4 Å². The summed E-state index contributed by atoms with van der Waals surface area (Å²) in [4.78, 5) is 22.2. The zero-order chi connectivity index (χ0) is 24.1. The van der Waals surface area contributed by atoms with E-state index in [2.05, 4.69) is 16.0 Å². The number of rotatable bonds is 7. The standard InChI is InChI=1S/C26H23F3N4O/c27-26(28,29)25-31-21(20-7-2-1-3-8-20)16-24(32-25)33-15-5-9-22(33)23(34)10-4-6-18-11-13-19(17-30)14-12-18/h1-3,7-8,11-14,16,22H,4-6,9-10,15H2/t22-/m0/s1. The molecule has 1 fully saturated rings. The molecule has 1 aliphatic heterocycles. The third-order valence-electron chi connectivity index (χ3n) is 5.93. The van der Waals surface area contributed by atoms with Gasteiger partial charge in [0.25, 0.3) is 0 Å². The summed E-state index contributed by atoms with van der Waals surface area (Å²) in [6, 6.07) is 19.0. The van der Waals surface area contributed by atoms with Gasteiger partial charge in [-0.3, -0.25) is 4.79 Å². The Labute approximate surface area is 195 Å². The summed E-state index contributed by atoms with van der Waals surface area (Å²) >= 11 is 0. The van der Waals surface area contributed by atoms with Gasteiger partial charge in [-0.2, -0.15) is 18.4 Å². The van der Waals surface area contributed by atoms with Gasteiger partial charge >= 0.3 is 6.18 Å². The first-order chi connectivity index (χ1) is 16.3. The first-order valence-electron chi connectivity index (χ1n) is 11.2. The number of alkyl halides is 3. The van der Waals surface area contributed by atoms with Crippen LogP contribution in [-0.4, -0.2) is 28.3 Å². The predicted molar refractivity (Wildman–Crippen MR) is 122 cm³/mol. The van der Waals surface area contributed by atoms with Crippen molar-refractivity contribution in [2.24, 2.45) is 0 Å². The number of ketones is 1. The average Bonchev–Trinajstić information content (AvgIpc) is 3.34. The number of aryl methyl sites for hydroxylation is 1. The molecule has 5 nitrogen and oxygen atoms in total. The van der Waals surface area contributed by atoms with Crippen molar-refractivity contribution < 1.29 is 18.0 Å². The molecule has 2 aromatic carbocycles. The molecule has 4 rings (SSSR count). The molecule has 0 unspecified atom stereocenters. The van der Waals surface area contributed by atoms with Crippen LogP contribution >= 0.6 is 0 Å². The molecule has 0 bridgehead atoms. The number of Topliss-reactive ketones (excluding diaryl/α,β-unsaturated/α-hetero) is 1. The van der Waals surface area contributed by atoms with Crippen LogP contribution in [0.5, 0.6) is 0 Å². The number of carbonyl (C=O) groups is 1. The summed E-state index contributed by atoms with van der Waals surface area (Å²) in [5.41, 5.74) is 2.35. The van der Waals surface area contributed by atoms with Crippen molar-refractivity contribution in [3.8, 4) is 17.3 Å². The fourth-order valence-electron chi connectivity index (χ4n) is 4.22. The van der Waals surface area contributed by atoms with Crippen LogP contribution in [0.25, 0.3) is 11.3 Å². The summed E-state index contributed by atoms with van der Waals surface area (Å²) in [6.45, 7) is 0.467. The van der Waals surface area contributed by atoms with Gasteiger partial charge in [0.2, 0.25) is 5.82 Å². The monoisotopic (exact) mass is 464 g/mol. The van der Waals surface area contributed by atoms with E-state index in [0.29, 0.717) is 49.8 Å². The Morgan fingerprint density at radius 1 is 1.09 bits per heavy atom. The Hall–Kier alpha value is -3.73. The van der Waals surface area contributed by atoms with Gasteiger partial charge in [0, 0.05) is 24.6 Å². The molecular formula is C26H23F3N4O. The number of benzene rings is 2. The average molecular weight is 464 g/mol. The Morgan fingerprint density at radius 3 is 2.50 bits per heavy atom. The van der Waals surface area contributed by atoms with Crippen LogP contribution in [-0.2, 0) is 17.4 Å². The lowest BCUT2D eigenvalue weighted by molar-refractivity contribution is -0.144. The van der Waals surface area contributed by atoms with E-state index in [1.165, 1.54) is 6.07 Å². The Bertz CT molecular complexity index is 1190. The van der Waals surface area contributed by atoms with Crippen LogP contribution in [0, 0.1) is 11.3 Å². The van der Waals surface area contributed by atoms with Crippen molar-refractivity contribution in [2.45, 2.75) is 44.3 Å². The SMILES string of the molecule is N#Cc1ccc(CCCC(=O)[C@@H]2CCCN2c2cc(-c3ccccc3)nc(C(F)(F)F)n2)cc1. The number of halogens is 3. The van der Waals surface area contributed by atoms with E-state index in [0.717, 1.165) is 5.56 Å². The number of aromatic nitrogens is 2. The van der Waals surface area contributed by atoms with Crippen LogP contribution in [0.4, 0.5) is 19.0 Å². The first-order valence-corrected chi connectivity index (χ1v) is 11.2. The summed E-state index contributed by atoms with van der Waals surface area (Å²) in [6.07, 6.45) is -1.76. The van der Waals surface area contributed by atoms with Crippen LogP contribution in [0.1, 0.15) is 42.6 Å². The molecule has 1 aliphatic rings. The molecular weight excluding hydrogens is 441 g/mol. The second kappa shape index (κ2) is 10.0. The van der Waals surface area contributed by atoms with E-state index in [-0.39, 0.29) is 17.3 Å². The predicted octanol–water partition coefficient (Wildman–Crippen LogP) is 5.59. The van der Waals surface area contributed by atoms with Crippen molar-refractivity contribution >= 4 is 11.6 Å². The fourth-order valence-corrected chi connectivity index (χ4v) is 4.22. The van der Waals surface area contributed by atoms with Gasteiger partial charge in [0.1, 0.15) is 5.82 Å². The Balaban J connectivity index is 1.51. The van der Waals surface area contributed by atoms with Gasteiger partial charge in [-0.1, -0.05) is 42.5 Å². The third-order valence-corrected chi connectivity index (χ3v) is 5.93. The number of hydrogen-bond acceptors (Lipinski definition) is 5. The minimum atomic E-state index is -4.69. The first kappa shape index (κ1) is 23.4. The van der Waals surface area contributed by atoms with E-state index >= 15 is 0 Å². The number of nitriles is 1. The molecule has 0 N–H and O–H groups in total. The molecule has 34 heavy (non-hydrogen) atoms. The van der Waals surface area contributed by atoms with Gasteiger partial charge in [-0.05, 0) is 43.4 Å². The minimum absolute atomic E-state index is 0.000392. The summed E-state index contributed by atoms with van der Waals surface area (Å²) in [7, 11) is 0. The molecule has 0 spiro atoms. The van der Waals surface area contributed by atoms with Crippen molar-refractivity contribution in [3.63, 3.8) is 0 Å². The Morgan fingerprint density at radius 2 is 1.82 bits per heavy atom. The van der Waals surface area contributed by atoms with Crippen LogP contribution in [0.15, 0.2) is 60.7 Å². The number of hydrogen-bond donors (Lipinski definition) is 0. The van der Waals surface area contributed by atoms with Crippen LogP contribution in [0.2, 0.25) is 0 Å². The molecule has 2 heterocycles. The molecule has 0 aliphatic carbocycles. The van der Waals surface area contributed by atoms with E-state index < -0.39 is 18.0 Å². The smallest absolute Gasteiger partial charge is 0.346 e. The van der Waals surface area contributed by atoms with Gasteiger partial charge < -0.3 is 4.90 Å². The van der Waals surface area contributed by atoms with Gasteiger partial charge in [-0.25, -0.2) is 9.97 Å². The Kier molecular flexibility index (Phi) is 6.92. The van der Waals surface area contributed by atoms with E-state index in [1.807, 2.05) is 12.1 Å². The fraction of sp³-hybridized carbons (Fsp3) is 0.308. The van der Waals surface area contributed by atoms with Crippen molar-refractivity contribution in [1.29, 1.82) is 5.26 Å². The van der Waals surface area contributed by atoms with Crippen molar-refractivity contribution in [3.05, 3.63) is 77.6 Å². The van der Waals surface area contributed by atoms with Crippen LogP contribution < -0.4 is 4.90 Å². The number of nitrogens with zero attached hydrogens (tertiary/aromatic N) is 4. The van der Waals surface area contributed by atoms with Gasteiger partial charge in [-0.15, -0.1) is 0 Å². The van der Waals surface area contributed by atoms with Gasteiger partial charge in [0.05, 0.1) is 23.4 Å². The molecule has 0 radical (unpaired) electrons. The lowest BCUT2D eigenvalue weighted by Crippen LogP contribution is -2.37. The minimum Gasteiger partial charge on any atom is -0.346 e. The lowest BCUT2D eigenvalue weighted by Gasteiger charge is -2.26. The molecule has 1 saturated heterocycles. The van der Waals surface area contributed by atoms with E-state index in [9.17, 15) is 18.0 Å². The molecule has 174 valence electrons. The molecule has 1 aromatic heterocycles. The second-order valence-corrected chi connectivity index (χ2v) is 8.28. The van der Waals surface area contributed by atoms with Crippen LogP contribution in [0.3, 0.4) is 0 Å². The van der Waals surface area contributed by atoms with E-state index in [4.69, 9.17) is 5.26 Å². The zero-order valence-electron chi connectivity index (χ0n) is 18.4. The third kappa shape index (κ3) is 5.42. The highest BCUT2D eigenvalue weighted by atomic mass is 19.4. The topological polar surface area (TPSA) is 69.9 Å². The molecule has 0 saturated carbocycles. The lowest BCUT2D eigenvalue weighted by atomic mass is 10.0. The van der Waals surface area contributed by atoms with Crippen molar-refractivity contribution in [2.75, 3.05) is 11.4 Å². The summed E-state index contributed by atoms with van der Waals surface area (Å²) in [5.74, 6) is -1.08. The van der Waals surface area contributed by atoms with Crippen molar-refractivity contribution in [1.82, 2.24) is 9.97 Å². The highest BCUT2D eigenvalue weighted by molar-refractivity contribution is 5.87. The highest BCUT2D eigenvalue weighted by Crippen LogP contribution is 2.33. The zero-order valence-corrected chi connectivity index (χ0v) is 18.4. The maximum Gasteiger partial charge on any atom is 0.451 e. The number of anilines is 1.